The van der Waals surface area contributed by atoms with Crippen molar-refractivity contribution in [2.75, 3.05) is 7.11 Å². The lowest BCUT2D eigenvalue weighted by molar-refractivity contribution is -0.206. The van der Waals surface area contributed by atoms with E-state index >= 15 is 0 Å². The molecule has 0 bridgehead atoms. The van der Waals surface area contributed by atoms with Gasteiger partial charge in [-0.1, -0.05) is 41.5 Å². The van der Waals surface area contributed by atoms with Crippen LogP contribution in [0.15, 0.2) is 11.8 Å². The van der Waals surface area contributed by atoms with Crippen molar-refractivity contribution < 1.29 is 24.2 Å². The van der Waals surface area contributed by atoms with Crippen molar-refractivity contribution in [3.63, 3.8) is 0 Å². The molecular formula is C31H46O5. The number of allylic oxidation sites excluding steroid dienone is 1. The molecule has 0 aromatic heterocycles. The average Bonchev–Trinajstić information content (AvgIpc) is 2.81. The maximum Gasteiger partial charge on any atom is 0.312 e. The van der Waals surface area contributed by atoms with E-state index < -0.39 is 10.8 Å². The first-order valence-electron chi connectivity index (χ1n) is 14.2. The summed E-state index contributed by atoms with van der Waals surface area (Å²) < 4.78 is 5.40. The second-order valence-corrected chi connectivity index (χ2v) is 15.0. The van der Waals surface area contributed by atoms with E-state index in [9.17, 15) is 19.5 Å². The zero-order chi connectivity index (χ0) is 26.5. The minimum absolute atomic E-state index is 0.0231. The number of aliphatic hydroxyl groups excluding tert-OH is 1. The lowest BCUT2D eigenvalue weighted by Gasteiger charge is -2.68. The molecule has 0 aromatic rings. The molecule has 0 aromatic carbocycles. The summed E-state index contributed by atoms with van der Waals surface area (Å²) in [6.07, 6.45) is 8.47. The van der Waals surface area contributed by atoms with E-state index in [0.717, 1.165) is 51.2 Å². The predicted octanol–water partition coefficient (Wildman–Crippen LogP) is 6.45. The van der Waals surface area contributed by atoms with Crippen LogP contribution in [0.5, 0.6) is 0 Å². The zero-order valence-corrected chi connectivity index (χ0v) is 23.4. The molecule has 0 amide bonds. The summed E-state index contributed by atoms with van der Waals surface area (Å²) in [5.74, 6) is 0.829. The highest BCUT2D eigenvalue weighted by Crippen LogP contribution is 2.72. The molecule has 8 atom stereocenters. The fraction of sp³-hybridized carbons (Fsp3) is 0.839. The largest absolute Gasteiger partial charge is 0.515 e. The Balaban J connectivity index is 1.57. The molecule has 5 rings (SSSR count). The Bertz CT molecular complexity index is 1020. The van der Waals surface area contributed by atoms with Crippen LogP contribution >= 0.6 is 0 Å². The molecule has 5 nitrogen and oxygen atoms in total. The maximum absolute atomic E-state index is 14.3. The fourth-order valence-corrected chi connectivity index (χ4v) is 10.8. The molecule has 5 saturated carbocycles. The highest BCUT2D eigenvalue weighted by atomic mass is 16.5. The summed E-state index contributed by atoms with van der Waals surface area (Å²) >= 11 is 0. The van der Waals surface area contributed by atoms with E-state index in [1.54, 1.807) is 0 Å². The SMILES string of the molecule is COC(=O)C12CCC3C(C(=O)CC4C3(C)CCC3C(C)(C)C(=O)/C(=C/O)CC34C)C1CC(C)(C)CC2. The molecule has 5 heteroatoms. The van der Waals surface area contributed by atoms with Crippen molar-refractivity contribution in [3.05, 3.63) is 11.8 Å². The molecule has 5 fully saturated rings. The summed E-state index contributed by atoms with van der Waals surface area (Å²) in [7, 11) is 1.50. The maximum atomic E-state index is 14.3. The number of hydrogen-bond donors (Lipinski definition) is 1. The predicted molar refractivity (Wildman–Crippen MR) is 138 cm³/mol. The van der Waals surface area contributed by atoms with Crippen LogP contribution in [-0.4, -0.2) is 29.8 Å². The van der Waals surface area contributed by atoms with Gasteiger partial charge in [-0.05, 0) is 91.3 Å². The van der Waals surface area contributed by atoms with Gasteiger partial charge in [0.25, 0.3) is 0 Å². The molecule has 0 heterocycles. The minimum Gasteiger partial charge on any atom is -0.515 e. The van der Waals surface area contributed by atoms with Gasteiger partial charge in [0.1, 0.15) is 5.78 Å². The van der Waals surface area contributed by atoms with Gasteiger partial charge in [-0.25, -0.2) is 0 Å². The van der Waals surface area contributed by atoms with Crippen LogP contribution in [0.25, 0.3) is 0 Å². The number of ketones is 2. The third-order valence-electron chi connectivity index (χ3n) is 12.5. The van der Waals surface area contributed by atoms with Crippen molar-refractivity contribution in [2.24, 2.45) is 56.7 Å². The minimum atomic E-state index is -0.553. The number of carbonyl (C=O) groups is 3. The van der Waals surface area contributed by atoms with E-state index in [1.807, 2.05) is 13.8 Å². The number of hydrogen-bond acceptors (Lipinski definition) is 5. The molecule has 0 saturated heterocycles. The van der Waals surface area contributed by atoms with Gasteiger partial charge in [-0.3, -0.25) is 14.4 Å². The molecule has 8 unspecified atom stereocenters. The summed E-state index contributed by atoms with van der Waals surface area (Å²) in [6, 6.07) is 0. The number of ether oxygens (including phenoxy) is 1. The molecular weight excluding hydrogens is 452 g/mol. The summed E-state index contributed by atoms with van der Waals surface area (Å²) in [4.78, 5) is 40.8. The number of methoxy groups -OCH3 is 1. The van der Waals surface area contributed by atoms with Crippen molar-refractivity contribution >= 4 is 17.5 Å². The molecule has 5 aliphatic rings. The van der Waals surface area contributed by atoms with Gasteiger partial charge in [0.2, 0.25) is 0 Å². The molecule has 1 N–H and O–H groups in total. The van der Waals surface area contributed by atoms with E-state index in [-0.39, 0.29) is 57.6 Å². The standard InChI is InChI=1S/C31H46O5/c1-27(2)12-13-31(26(35)36-7)11-8-19-24(20(31)16-27)21(33)14-23-29(19,5)10-9-22-28(3,4)25(34)18(17-32)15-30(22,23)6/h17,19-20,22-24,32H,8-16H2,1-7H3/b18-17+. The summed E-state index contributed by atoms with van der Waals surface area (Å²) in [5.41, 5.74) is -0.701. The Kier molecular flexibility index (Phi) is 5.72. The molecule has 0 radical (unpaired) electrons. The highest BCUT2D eigenvalue weighted by Gasteiger charge is 2.69. The van der Waals surface area contributed by atoms with Gasteiger partial charge < -0.3 is 9.84 Å². The highest BCUT2D eigenvalue weighted by molar-refractivity contribution is 6.00. The number of fused-ring (bicyclic) bond motifs is 7. The molecule has 36 heavy (non-hydrogen) atoms. The number of aliphatic hydroxyl groups is 1. The molecule has 0 spiro atoms. The molecule has 0 aliphatic heterocycles. The van der Waals surface area contributed by atoms with Crippen molar-refractivity contribution in [1.29, 1.82) is 0 Å². The Morgan fingerprint density at radius 3 is 2.25 bits per heavy atom. The normalized spacial score (nSPS) is 48.3. The van der Waals surface area contributed by atoms with Gasteiger partial charge >= 0.3 is 5.97 Å². The van der Waals surface area contributed by atoms with Crippen molar-refractivity contribution in [2.45, 2.75) is 99.3 Å². The lowest BCUT2D eigenvalue weighted by atomic mass is 9.35. The second kappa shape index (κ2) is 7.93. The fourth-order valence-electron chi connectivity index (χ4n) is 10.8. The monoisotopic (exact) mass is 498 g/mol. The van der Waals surface area contributed by atoms with E-state index in [4.69, 9.17) is 4.74 Å². The van der Waals surface area contributed by atoms with E-state index in [1.165, 1.54) is 7.11 Å². The van der Waals surface area contributed by atoms with E-state index in [2.05, 4.69) is 27.7 Å². The zero-order valence-electron chi connectivity index (χ0n) is 23.4. The van der Waals surface area contributed by atoms with Crippen molar-refractivity contribution in [3.8, 4) is 0 Å². The van der Waals surface area contributed by atoms with Crippen LogP contribution in [0, 0.1) is 56.7 Å². The molecule has 5 aliphatic carbocycles. The van der Waals surface area contributed by atoms with Gasteiger partial charge in [0.05, 0.1) is 18.8 Å². The quantitative estimate of drug-likeness (QED) is 0.255. The Hall–Kier alpha value is -1.65. The Morgan fingerprint density at radius 2 is 1.61 bits per heavy atom. The second-order valence-electron chi connectivity index (χ2n) is 15.0. The number of Topliss-reactive ketones (excluding diaryl/α,β-unsaturated/α-hetero) is 2. The number of carbonyl (C=O) groups excluding carboxylic acids is 3. The van der Waals surface area contributed by atoms with Crippen LogP contribution in [0.4, 0.5) is 0 Å². The van der Waals surface area contributed by atoms with Crippen LogP contribution < -0.4 is 0 Å². The first-order chi connectivity index (χ1) is 16.7. The van der Waals surface area contributed by atoms with Gasteiger partial charge in [-0.15, -0.1) is 0 Å². The summed E-state index contributed by atoms with van der Waals surface area (Å²) in [6.45, 7) is 13.3. The van der Waals surface area contributed by atoms with Crippen LogP contribution in [0.2, 0.25) is 0 Å². The number of esters is 1. The van der Waals surface area contributed by atoms with Gasteiger partial charge in [0.15, 0.2) is 5.78 Å². The van der Waals surface area contributed by atoms with Crippen molar-refractivity contribution in [1.82, 2.24) is 0 Å². The van der Waals surface area contributed by atoms with E-state index in [0.29, 0.717) is 24.2 Å². The summed E-state index contributed by atoms with van der Waals surface area (Å²) in [5, 5.41) is 9.99. The van der Waals surface area contributed by atoms with Crippen LogP contribution in [0.3, 0.4) is 0 Å². The van der Waals surface area contributed by atoms with Crippen LogP contribution in [-0.2, 0) is 19.1 Å². The van der Waals surface area contributed by atoms with Gasteiger partial charge in [-0.2, -0.15) is 0 Å². The van der Waals surface area contributed by atoms with Crippen LogP contribution in [0.1, 0.15) is 99.3 Å². The smallest absolute Gasteiger partial charge is 0.312 e. The topological polar surface area (TPSA) is 80.7 Å². The Morgan fingerprint density at radius 1 is 0.917 bits per heavy atom. The average molecular weight is 499 g/mol. The first kappa shape index (κ1) is 26.0. The molecule has 200 valence electrons. The third kappa shape index (κ3) is 3.22. The Labute approximate surface area is 216 Å². The lowest BCUT2D eigenvalue weighted by Crippen LogP contribution is -2.66. The number of rotatable bonds is 1. The first-order valence-corrected chi connectivity index (χ1v) is 14.2. The third-order valence-corrected chi connectivity index (χ3v) is 12.5. The van der Waals surface area contributed by atoms with Gasteiger partial charge in [0, 0.05) is 23.3 Å².